The number of carbonyl (C=O) groups is 2. The number of hydrogen-bond donors (Lipinski definition) is 1. The third-order valence-corrected chi connectivity index (χ3v) is 3.77. The number of piperazine rings is 1. The molecular weight excluding hydrogens is 280 g/mol. The van der Waals surface area contributed by atoms with Crippen molar-refractivity contribution in [1.82, 2.24) is 14.4 Å². The summed E-state index contributed by atoms with van der Waals surface area (Å²) in [5.74, 6) is 0. The molecule has 2 aromatic rings. The zero-order valence-corrected chi connectivity index (χ0v) is 12.2. The smallest absolute Gasteiger partial charge is 0.321 e. The van der Waals surface area contributed by atoms with E-state index in [1.165, 1.54) is 0 Å². The van der Waals surface area contributed by atoms with Crippen LogP contribution in [-0.2, 0) is 4.79 Å². The number of nitrogens with one attached hydrogen (secondary N) is 1. The van der Waals surface area contributed by atoms with Crippen LogP contribution in [0.3, 0.4) is 0 Å². The van der Waals surface area contributed by atoms with E-state index < -0.39 is 0 Å². The minimum atomic E-state index is -0.126. The van der Waals surface area contributed by atoms with E-state index in [9.17, 15) is 9.59 Å². The second-order valence-corrected chi connectivity index (χ2v) is 5.20. The molecule has 6 heteroatoms. The van der Waals surface area contributed by atoms with Crippen LogP contribution in [0.4, 0.5) is 10.5 Å². The van der Waals surface area contributed by atoms with Crippen LogP contribution < -0.4 is 5.32 Å². The Morgan fingerprint density at radius 3 is 2.23 bits per heavy atom. The normalized spacial score (nSPS) is 14.7. The van der Waals surface area contributed by atoms with Gasteiger partial charge in [-0.05, 0) is 36.4 Å². The van der Waals surface area contributed by atoms with Gasteiger partial charge in [-0.1, -0.05) is 0 Å². The van der Waals surface area contributed by atoms with Crippen LogP contribution in [0.25, 0.3) is 5.69 Å². The molecule has 1 saturated heterocycles. The predicted molar refractivity (Wildman–Crippen MR) is 84.0 cm³/mol. The molecule has 0 spiro atoms. The summed E-state index contributed by atoms with van der Waals surface area (Å²) in [5, 5.41) is 2.89. The van der Waals surface area contributed by atoms with E-state index in [-0.39, 0.29) is 6.03 Å². The van der Waals surface area contributed by atoms with Gasteiger partial charge in [0.2, 0.25) is 6.41 Å². The van der Waals surface area contributed by atoms with Gasteiger partial charge in [-0.2, -0.15) is 0 Å². The first kappa shape index (κ1) is 14.2. The summed E-state index contributed by atoms with van der Waals surface area (Å²) in [6.45, 7) is 2.30. The SMILES string of the molecule is O=CN1CCN(C(=O)Nc2ccc(-n3cccc3)cc2)CC1. The average molecular weight is 298 g/mol. The van der Waals surface area contributed by atoms with Crippen molar-refractivity contribution in [2.45, 2.75) is 0 Å². The number of hydrogen-bond acceptors (Lipinski definition) is 2. The zero-order chi connectivity index (χ0) is 15.4. The van der Waals surface area contributed by atoms with Crippen LogP contribution in [-0.4, -0.2) is 53.0 Å². The maximum absolute atomic E-state index is 12.2. The van der Waals surface area contributed by atoms with Crippen molar-refractivity contribution < 1.29 is 9.59 Å². The average Bonchev–Trinajstić information content (AvgIpc) is 3.10. The number of rotatable bonds is 3. The maximum Gasteiger partial charge on any atom is 0.321 e. The molecule has 0 aliphatic carbocycles. The highest BCUT2D eigenvalue weighted by atomic mass is 16.2. The van der Waals surface area contributed by atoms with Crippen LogP contribution in [0.15, 0.2) is 48.8 Å². The first-order valence-corrected chi connectivity index (χ1v) is 7.25. The molecule has 1 aliphatic heterocycles. The van der Waals surface area contributed by atoms with Crippen molar-refractivity contribution in [3.8, 4) is 5.69 Å². The van der Waals surface area contributed by atoms with Crippen molar-refractivity contribution in [3.05, 3.63) is 48.8 Å². The second kappa shape index (κ2) is 6.34. The summed E-state index contributed by atoms with van der Waals surface area (Å²) in [4.78, 5) is 26.2. The molecule has 6 nitrogen and oxygen atoms in total. The van der Waals surface area contributed by atoms with Gasteiger partial charge in [0.25, 0.3) is 0 Å². The van der Waals surface area contributed by atoms with E-state index in [4.69, 9.17) is 0 Å². The number of anilines is 1. The molecule has 3 rings (SSSR count). The molecule has 1 N–H and O–H groups in total. The lowest BCUT2D eigenvalue weighted by molar-refractivity contribution is -0.119. The Morgan fingerprint density at radius 1 is 1.00 bits per heavy atom. The third kappa shape index (κ3) is 3.11. The van der Waals surface area contributed by atoms with E-state index in [1.807, 2.05) is 53.4 Å². The Kier molecular flexibility index (Phi) is 4.09. The van der Waals surface area contributed by atoms with Crippen molar-refractivity contribution in [2.24, 2.45) is 0 Å². The standard InChI is InChI=1S/C16H18N4O2/c21-13-18-9-11-20(12-10-18)16(22)17-14-3-5-15(6-4-14)19-7-1-2-8-19/h1-8,13H,9-12H2,(H,17,22). The van der Waals surface area contributed by atoms with Gasteiger partial charge in [0.1, 0.15) is 0 Å². The monoisotopic (exact) mass is 298 g/mol. The van der Waals surface area contributed by atoms with Crippen LogP contribution >= 0.6 is 0 Å². The number of aromatic nitrogens is 1. The summed E-state index contributed by atoms with van der Waals surface area (Å²) in [7, 11) is 0. The molecule has 22 heavy (non-hydrogen) atoms. The molecular formula is C16H18N4O2. The summed E-state index contributed by atoms with van der Waals surface area (Å²) in [6, 6.07) is 11.5. The van der Waals surface area contributed by atoms with Gasteiger partial charge in [-0.25, -0.2) is 4.79 Å². The Labute approximate surface area is 128 Å². The minimum Gasteiger partial charge on any atom is -0.342 e. The third-order valence-electron chi connectivity index (χ3n) is 3.77. The highest BCUT2D eigenvalue weighted by Crippen LogP contribution is 2.14. The maximum atomic E-state index is 12.2. The second-order valence-electron chi connectivity index (χ2n) is 5.20. The van der Waals surface area contributed by atoms with Gasteiger partial charge in [-0.3, -0.25) is 4.79 Å². The fraction of sp³-hybridized carbons (Fsp3) is 0.250. The summed E-state index contributed by atoms with van der Waals surface area (Å²) in [5.41, 5.74) is 1.81. The van der Waals surface area contributed by atoms with Gasteiger partial charge in [0, 0.05) is 49.9 Å². The van der Waals surface area contributed by atoms with Crippen LogP contribution in [0.5, 0.6) is 0 Å². The molecule has 0 bridgehead atoms. The lowest BCUT2D eigenvalue weighted by atomic mass is 10.2. The first-order valence-electron chi connectivity index (χ1n) is 7.25. The fourth-order valence-corrected chi connectivity index (χ4v) is 2.46. The first-order chi connectivity index (χ1) is 10.8. The molecule has 0 unspecified atom stereocenters. The molecule has 0 atom stereocenters. The number of amides is 3. The van der Waals surface area contributed by atoms with Crippen LogP contribution in [0, 0.1) is 0 Å². The molecule has 1 aliphatic rings. The number of carbonyl (C=O) groups excluding carboxylic acids is 2. The van der Waals surface area contributed by atoms with Gasteiger partial charge >= 0.3 is 6.03 Å². The van der Waals surface area contributed by atoms with Gasteiger partial charge in [-0.15, -0.1) is 0 Å². The Bertz CT molecular complexity index is 629. The molecule has 1 aromatic carbocycles. The molecule has 2 heterocycles. The largest absolute Gasteiger partial charge is 0.342 e. The number of nitrogens with zero attached hydrogens (tertiary/aromatic N) is 3. The predicted octanol–water partition coefficient (Wildman–Crippen LogP) is 1.78. The zero-order valence-electron chi connectivity index (χ0n) is 12.2. The van der Waals surface area contributed by atoms with Gasteiger partial charge in [0.15, 0.2) is 0 Å². The fourth-order valence-electron chi connectivity index (χ4n) is 2.46. The van der Waals surface area contributed by atoms with Crippen molar-refractivity contribution in [2.75, 3.05) is 31.5 Å². The lowest BCUT2D eigenvalue weighted by Crippen LogP contribution is -2.49. The van der Waals surface area contributed by atoms with Crippen LogP contribution in [0.1, 0.15) is 0 Å². The Morgan fingerprint density at radius 2 is 1.64 bits per heavy atom. The summed E-state index contributed by atoms with van der Waals surface area (Å²) in [6.07, 6.45) is 4.77. The quantitative estimate of drug-likeness (QED) is 0.878. The molecule has 0 radical (unpaired) electrons. The van der Waals surface area contributed by atoms with E-state index >= 15 is 0 Å². The number of urea groups is 1. The molecule has 1 aromatic heterocycles. The minimum absolute atomic E-state index is 0.126. The highest BCUT2D eigenvalue weighted by Gasteiger charge is 2.19. The summed E-state index contributed by atoms with van der Waals surface area (Å²) >= 11 is 0. The van der Waals surface area contributed by atoms with E-state index in [1.54, 1.807) is 9.80 Å². The molecule has 114 valence electrons. The molecule has 0 saturated carbocycles. The summed E-state index contributed by atoms with van der Waals surface area (Å²) < 4.78 is 2.00. The lowest BCUT2D eigenvalue weighted by Gasteiger charge is -2.32. The van der Waals surface area contributed by atoms with Crippen molar-refractivity contribution in [3.63, 3.8) is 0 Å². The van der Waals surface area contributed by atoms with E-state index in [2.05, 4.69) is 5.32 Å². The topological polar surface area (TPSA) is 57.6 Å². The van der Waals surface area contributed by atoms with Gasteiger partial charge in [0.05, 0.1) is 0 Å². The van der Waals surface area contributed by atoms with E-state index in [0.717, 1.165) is 17.8 Å². The van der Waals surface area contributed by atoms with E-state index in [0.29, 0.717) is 26.2 Å². The molecule has 1 fully saturated rings. The van der Waals surface area contributed by atoms with Crippen LogP contribution in [0.2, 0.25) is 0 Å². The van der Waals surface area contributed by atoms with Crippen molar-refractivity contribution >= 4 is 18.1 Å². The number of benzene rings is 1. The highest BCUT2D eigenvalue weighted by molar-refractivity contribution is 5.89. The molecule has 3 amide bonds. The Balaban J connectivity index is 1.59. The Hall–Kier alpha value is -2.76. The van der Waals surface area contributed by atoms with Crippen molar-refractivity contribution in [1.29, 1.82) is 0 Å². The van der Waals surface area contributed by atoms with Gasteiger partial charge < -0.3 is 19.7 Å².